The summed E-state index contributed by atoms with van der Waals surface area (Å²) < 4.78 is 6.09. The van der Waals surface area contributed by atoms with Crippen molar-refractivity contribution in [1.29, 1.82) is 0 Å². The summed E-state index contributed by atoms with van der Waals surface area (Å²) >= 11 is 0. The van der Waals surface area contributed by atoms with Gasteiger partial charge in [-0.2, -0.15) is 0 Å². The molecule has 0 aliphatic heterocycles. The average molecular weight is 289 g/mol. The van der Waals surface area contributed by atoms with Crippen LogP contribution in [-0.2, 0) is 9.22 Å². The number of aliphatic hydroxyl groups excluding tert-OH is 1. The Morgan fingerprint density at radius 3 is 2.05 bits per heavy atom. The summed E-state index contributed by atoms with van der Waals surface area (Å²) in [7, 11) is -1.77. The molecule has 3 nitrogen and oxygen atoms in total. The molecular weight excluding hydrogens is 256 g/mol. The number of aliphatic hydroxyl groups is 1. The van der Waals surface area contributed by atoms with Gasteiger partial charge in [-0.05, 0) is 18.1 Å². The number of ketones is 1. The standard InChI is InChI=1S/C15H32O3Si/c1-11(2)13(16)9-14(17)12(3)10-18-19(7,8)15(4,5)6/h11-12,14,17H,9-10H2,1-8H3/t12-,14-/m0/s1. The van der Waals surface area contributed by atoms with Crippen molar-refractivity contribution in [2.24, 2.45) is 11.8 Å². The van der Waals surface area contributed by atoms with Crippen molar-refractivity contribution in [2.45, 2.75) is 72.2 Å². The number of carbonyl (C=O) groups excluding carboxylic acids is 1. The highest BCUT2D eigenvalue weighted by molar-refractivity contribution is 6.74. The van der Waals surface area contributed by atoms with E-state index in [4.69, 9.17) is 4.43 Å². The van der Waals surface area contributed by atoms with Crippen LogP contribution in [0.4, 0.5) is 0 Å². The molecular formula is C15H32O3Si. The van der Waals surface area contributed by atoms with Gasteiger partial charge in [0.15, 0.2) is 8.32 Å². The fraction of sp³-hybridized carbons (Fsp3) is 0.933. The summed E-state index contributed by atoms with van der Waals surface area (Å²) in [5.41, 5.74) is 0. The molecule has 0 heterocycles. The van der Waals surface area contributed by atoms with Crippen LogP contribution in [0.1, 0.15) is 48.0 Å². The fourth-order valence-electron chi connectivity index (χ4n) is 1.31. The zero-order valence-electron chi connectivity index (χ0n) is 13.9. The van der Waals surface area contributed by atoms with E-state index in [9.17, 15) is 9.90 Å². The van der Waals surface area contributed by atoms with Crippen LogP contribution < -0.4 is 0 Å². The van der Waals surface area contributed by atoms with Crippen LogP contribution in [0.3, 0.4) is 0 Å². The van der Waals surface area contributed by atoms with Crippen molar-refractivity contribution >= 4 is 14.1 Å². The second-order valence-corrected chi connectivity index (χ2v) is 12.3. The van der Waals surface area contributed by atoms with E-state index in [0.717, 1.165) is 0 Å². The molecule has 1 N–H and O–H groups in total. The smallest absolute Gasteiger partial charge is 0.191 e. The molecule has 0 aliphatic rings. The molecule has 0 saturated carbocycles. The number of hydrogen-bond donors (Lipinski definition) is 1. The van der Waals surface area contributed by atoms with E-state index in [1.54, 1.807) is 0 Å². The zero-order valence-corrected chi connectivity index (χ0v) is 14.9. The first-order chi connectivity index (χ1) is 8.38. The summed E-state index contributed by atoms with van der Waals surface area (Å²) in [6.07, 6.45) is -0.362. The van der Waals surface area contributed by atoms with Gasteiger partial charge in [-0.1, -0.05) is 41.5 Å². The third-order valence-corrected chi connectivity index (χ3v) is 8.73. The van der Waals surface area contributed by atoms with E-state index in [1.807, 2.05) is 20.8 Å². The van der Waals surface area contributed by atoms with Crippen LogP contribution >= 0.6 is 0 Å². The molecule has 0 fully saturated rings. The molecule has 0 aromatic carbocycles. The lowest BCUT2D eigenvalue weighted by Gasteiger charge is -2.37. The zero-order chi connectivity index (χ0) is 15.4. The molecule has 19 heavy (non-hydrogen) atoms. The van der Waals surface area contributed by atoms with Gasteiger partial charge in [-0.15, -0.1) is 0 Å². The topological polar surface area (TPSA) is 46.5 Å². The van der Waals surface area contributed by atoms with Gasteiger partial charge in [0.25, 0.3) is 0 Å². The van der Waals surface area contributed by atoms with E-state index in [2.05, 4.69) is 33.9 Å². The number of Topliss-reactive ketones (excluding diaryl/α,β-unsaturated/α-hetero) is 1. The molecule has 2 atom stereocenters. The molecule has 0 radical (unpaired) electrons. The highest BCUT2D eigenvalue weighted by Gasteiger charge is 2.37. The van der Waals surface area contributed by atoms with E-state index in [0.29, 0.717) is 6.61 Å². The minimum atomic E-state index is -1.77. The molecule has 114 valence electrons. The van der Waals surface area contributed by atoms with Crippen LogP contribution in [0.15, 0.2) is 0 Å². The second kappa shape index (κ2) is 7.00. The summed E-state index contributed by atoms with van der Waals surface area (Å²) in [4.78, 5) is 11.6. The minimum absolute atomic E-state index is 0.00294. The Hall–Kier alpha value is -0.193. The fourth-order valence-corrected chi connectivity index (χ4v) is 2.42. The number of hydrogen-bond acceptors (Lipinski definition) is 3. The third kappa shape index (κ3) is 6.19. The van der Waals surface area contributed by atoms with Crippen LogP contribution in [0, 0.1) is 11.8 Å². The summed E-state index contributed by atoms with van der Waals surface area (Å²) in [5, 5.41) is 10.2. The predicted octanol–water partition coefficient (Wildman–Crippen LogP) is 3.62. The van der Waals surface area contributed by atoms with Crippen molar-refractivity contribution in [1.82, 2.24) is 0 Å². The Labute approximate surface area is 119 Å². The maximum Gasteiger partial charge on any atom is 0.191 e. The molecule has 0 bridgehead atoms. The lowest BCUT2D eigenvalue weighted by molar-refractivity contribution is -0.124. The Balaban J connectivity index is 4.32. The van der Waals surface area contributed by atoms with E-state index in [-0.39, 0.29) is 29.1 Å². The monoisotopic (exact) mass is 288 g/mol. The molecule has 0 amide bonds. The first kappa shape index (κ1) is 18.8. The molecule has 0 aliphatic carbocycles. The van der Waals surface area contributed by atoms with Gasteiger partial charge in [0.05, 0.1) is 6.10 Å². The quantitative estimate of drug-likeness (QED) is 0.728. The Morgan fingerprint density at radius 1 is 1.21 bits per heavy atom. The van der Waals surface area contributed by atoms with Crippen molar-refractivity contribution < 1.29 is 14.3 Å². The van der Waals surface area contributed by atoms with Gasteiger partial charge in [0.1, 0.15) is 5.78 Å². The van der Waals surface area contributed by atoms with Crippen LogP contribution in [0.2, 0.25) is 18.1 Å². The molecule has 4 heteroatoms. The van der Waals surface area contributed by atoms with E-state index < -0.39 is 14.4 Å². The van der Waals surface area contributed by atoms with Gasteiger partial charge >= 0.3 is 0 Å². The Morgan fingerprint density at radius 2 is 1.68 bits per heavy atom. The van der Waals surface area contributed by atoms with Gasteiger partial charge < -0.3 is 9.53 Å². The number of carbonyl (C=O) groups is 1. The summed E-state index contributed by atoms with van der Waals surface area (Å²) in [5.74, 6) is 0.103. The summed E-state index contributed by atoms with van der Waals surface area (Å²) in [6.45, 7) is 17.2. The van der Waals surface area contributed by atoms with E-state index >= 15 is 0 Å². The molecule has 0 aromatic heterocycles. The van der Waals surface area contributed by atoms with Gasteiger partial charge in [-0.3, -0.25) is 4.79 Å². The summed E-state index contributed by atoms with van der Waals surface area (Å²) in [6, 6.07) is 0. The van der Waals surface area contributed by atoms with Crippen molar-refractivity contribution in [3.05, 3.63) is 0 Å². The van der Waals surface area contributed by atoms with Crippen molar-refractivity contribution in [2.75, 3.05) is 6.61 Å². The molecule has 0 saturated heterocycles. The van der Waals surface area contributed by atoms with Crippen molar-refractivity contribution in [3.63, 3.8) is 0 Å². The maximum atomic E-state index is 11.6. The lowest BCUT2D eigenvalue weighted by atomic mass is 9.96. The molecule has 0 rings (SSSR count). The highest BCUT2D eigenvalue weighted by Crippen LogP contribution is 2.36. The average Bonchev–Trinajstić information content (AvgIpc) is 2.23. The minimum Gasteiger partial charge on any atom is -0.416 e. The van der Waals surface area contributed by atoms with Gasteiger partial charge in [0.2, 0.25) is 0 Å². The lowest BCUT2D eigenvalue weighted by Crippen LogP contribution is -2.42. The predicted molar refractivity (Wildman–Crippen MR) is 82.8 cm³/mol. The first-order valence-electron chi connectivity index (χ1n) is 7.23. The number of rotatable bonds is 7. The van der Waals surface area contributed by atoms with Crippen LogP contribution in [-0.4, -0.2) is 31.9 Å². The normalized spacial score (nSPS) is 16.5. The molecule has 0 unspecified atom stereocenters. The first-order valence-corrected chi connectivity index (χ1v) is 10.1. The Kier molecular flexibility index (Phi) is 6.93. The van der Waals surface area contributed by atoms with Crippen LogP contribution in [0.5, 0.6) is 0 Å². The van der Waals surface area contributed by atoms with Gasteiger partial charge in [-0.25, -0.2) is 0 Å². The van der Waals surface area contributed by atoms with Gasteiger partial charge in [0, 0.05) is 24.9 Å². The third-order valence-electron chi connectivity index (χ3n) is 4.22. The Bertz CT molecular complexity index is 292. The van der Waals surface area contributed by atoms with E-state index in [1.165, 1.54) is 0 Å². The SMILES string of the molecule is CC(C)C(=O)C[C@H](O)[C@@H](C)CO[Si](C)(C)C(C)(C)C. The maximum absolute atomic E-state index is 11.6. The molecule has 0 aromatic rings. The largest absolute Gasteiger partial charge is 0.416 e. The molecule has 0 spiro atoms. The highest BCUT2D eigenvalue weighted by atomic mass is 28.4. The van der Waals surface area contributed by atoms with Crippen LogP contribution in [0.25, 0.3) is 0 Å². The second-order valence-electron chi connectivity index (χ2n) is 7.44. The van der Waals surface area contributed by atoms with Crippen molar-refractivity contribution in [3.8, 4) is 0 Å².